The molecule has 1 rings (SSSR count). The van der Waals surface area contributed by atoms with Gasteiger partial charge in [0.05, 0.1) is 0 Å². The number of nitrogens with one attached hydrogen (secondary N) is 1. The number of thiophene rings is 1. The number of likely N-dealkylation sites (N-methyl/N-ethyl adjacent to an activating group) is 1. The maximum Gasteiger partial charge on any atom is 0.220 e. The van der Waals surface area contributed by atoms with Crippen LogP contribution in [-0.2, 0) is 6.42 Å². The van der Waals surface area contributed by atoms with E-state index in [9.17, 15) is 0 Å². The summed E-state index contributed by atoms with van der Waals surface area (Å²) < 4.78 is 0. The summed E-state index contributed by atoms with van der Waals surface area (Å²) in [7, 11) is 1.80. The van der Waals surface area contributed by atoms with E-state index in [4.69, 9.17) is 16.9 Å². The molecule has 0 aromatic carbocycles. The molecule has 5 nitrogen and oxygen atoms in total. The van der Waals surface area contributed by atoms with E-state index in [1.807, 2.05) is 27.7 Å². The first kappa shape index (κ1) is 20.8. The van der Waals surface area contributed by atoms with Crippen molar-refractivity contribution in [1.29, 1.82) is 5.41 Å². The summed E-state index contributed by atoms with van der Waals surface area (Å²) in [6.07, 6.45) is 0.900. The summed E-state index contributed by atoms with van der Waals surface area (Å²) in [5.74, 6) is 0.0112. The Kier molecular flexibility index (Phi) is 12.9. The van der Waals surface area contributed by atoms with Gasteiger partial charge in [-0.05, 0) is 25.5 Å². The van der Waals surface area contributed by atoms with Gasteiger partial charge in [0.15, 0.2) is 5.96 Å². The summed E-state index contributed by atoms with van der Waals surface area (Å²) in [4.78, 5) is 8.01. The zero-order chi connectivity index (χ0) is 16.1. The molecule has 0 amide bonds. The zero-order valence-corrected chi connectivity index (χ0v) is 14.3. The topological polar surface area (TPSA) is 91.5 Å². The van der Waals surface area contributed by atoms with Gasteiger partial charge in [-0.15, -0.1) is 11.3 Å². The summed E-state index contributed by atoms with van der Waals surface area (Å²) in [5.41, 5.74) is 10.4. The number of guanidine groups is 2. The van der Waals surface area contributed by atoms with Crippen molar-refractivity contribution in [3.8, 4) is 0 Å². The number of hydrogen-bond donors (Lipinski definition) is 3. The molecule has 6 heteroatoms. The van der Waals surface area contributed by atoms with Gasteiger partial charge in [-0.2, -0.15) is 4.99 Å². The highest BCUT2D eigenvalue weighted by Gasteiger charge is 2.04. The van der Waals surface area contributed by atoms with Gasteiger partial charge < -0.3 is 16.4 Å². The number of aryl methyl sites for hydroxylation is 1. The Bertz CT molecular complexity index is 394. The molecule has 0 saturated carbocycles. The first-order valence-electron chi connectivity index (χ1n) is 6.93. The van der Waals surface area contributed by atoms with Crippen LogP contribution in [0, 0.1) is 12.3 Å². The van der Waals surface area contributed by atoms with E-state index in [1.54, 1.807) is 23.3 Å². The van der Waals surface area contributed by atoms with Gasteiger partial charge in [-0.1, -0.05) is 27.7 Å². The van der Waals surface area contributed by atoms with Gasteiger partial charge in [0.1, 0.15) is 0 Å². The van der Waals surface area contributed by atoms with E-state index in [0.717, 1.165) is 13.0 Å². The minimum atomic E-state index is -0.0798. The van der Waals surface area contributed by atoms with Crippen LogP contribution in [0.5, 0.6) is 0 Å². The summed E-state index contributed by atoms with van der Waals surface area (Å²) in [6.45, 7) is 10.8. The minimum absolute atomic E-state index is 0.0798. The first-order valence-corrected chi connectivity index (χ1v) is 7.75. The lowest BCUT2D eigenvalue weighted by Gasteiger charge is -2.15. The van der Waals surface area contributed by atoms with Crippen LogP contribution >= 0.6 is 11.3 Å². The fourth-order valence-corrected chi connectivity index (χ4v) is 2.09. The van der Waals surface area contributed by atoms with Gasteiger partial charge in [0.25, 0.3) is 0 Å². The highest BCUT2D eigenvalue weighted by molar-refractivity contribution is 7.11. The van der Waals surface area contributed by atoms with E-state index in [1.165, 1.54) is 9.75 Å². The molecule has 116 valence electrons. The lowest BCUT2D eigenvalue weighted by Crippen LogP contribution is -2.31. The summed E-state index contributed by atoms with van der Waals surface area (Å²) in [5, 5.41) is 7.58. The van der Waals surface area contributed by atoms with Crippen molar-refractivity contribution < 1.29 is 0 Å². The Hall–Kier alpha value is -1.56. The monoisotopic (exact) mass is 299 g/mol. The van der Waals surface area contributed by atoms with Crippen molar-refractivity contribution in [2.24, 2.45) is 16.5 Å². The van der Waals surface area contributed by atoms with Crippen molar-refractivity contribution in [3.63, 3.8) is 0 Å². The van der Waals surface area contributed by atoms with Crippen molar-refractivity contribution in [2.75, 3.05) is 13.6 Å². The lowest BCUT2D eigenvalue weighted by atomic mass is 10.3. The van der Waals surface area contributed by atoms with Gasteiger partial charge in [0.2, 0.25) is 5.96 Å². The van der Waals surface area contributed by atoms with Crippen LogP contribution in [0.15, 0.2) is 17.1 Å². The molecule has 0 aliphatic carbocycles. The van der Waals surface area contributed by atoms with Crippen LogP contribution in [0.4, 0.5) is 0 Å². The van der Waals surface area contributed by atoms with Gasteiger partial charge in [-0.25, -0.2) is 0 Å². The van der Waals surface area contributed by atoms with Crippen molar-refractivity contribution in [2.45, 2.75) is 41.0 Å². The van der Waals surface area contributed by atoms with E-state index < -0.39 is 0 Å². The molecule has 0 aliphatic rings. The normalized spacial score (nSPS) is 8.50. The van der Waals surface area contributed by atoms with Crippen LogP contribution in [0.1, 0.15) is 37.4 Å². The Balaban J connectivity index is 0. The highest BCUT2D eigenvalue weighted by atomic mass is 32.1. The largest absolute Gasteiger partial charge is 0.370 e. The van der Waals surface area contributed by atoms with Crippen molar-refractivity contribution in [3.05, 3.63) is 21.9 Å². The van der Waals surface area contributed by atoms with Gasteiger partial charge in [0, 0.05) is 23.3 Å². The molecule has 0 bridgehead atoms. The third-order valence-electron chi connectivity index (χ3n) is 2.09. The molecule has 0 aliphatic heterocycles. The van der Waals surface area contributed by atoms with E-state index in [2.05, 4.69) is 24.0 Å². The Morgan fingerprint density at radius 2 is 1.80 bits per heavy atom. The predicted molar refractivity (Wildman–Crippen MR) is 91.6 cm³/mol. The second kappa shape index (κ2) is 12.5. The lowest BCUT2D eigenvalue weighted by molar-refractivity contribution is 0.501. The van der Waals surface area contributed by atoms with Crippen LogP contribution in [-0.4, -0.2) is 30.4 Å². The number of aliphatic imine (C=N–C) groups is 1. The maximum atomic E-state index is 7.58. The molecule has 0 spiro atoms. The molecular formula is C14H29N5S. The molecule has 5 N–H and O–H groups in total. The second-order valence-electron chi connectivity index (χ2n) is 3.54. The van der Waals surface area contributed by atoms with Crippen LogP contribution in [0.25, 0.3) is 0 Å². The van der Waals surface area contributed by atoms with Gasteiger partial charge >= 0.3 is 0 Å². The van der Waals surface area contributed by atoms with E-state index in [0.29, 0.717) is 0 Å². The van der Waals surface area contributed by atoms with E-state index in [-0.39, 0.29) is 11.9 Å². The highest BCUT2D eigenvalue weighted by Crippen LogP contribution is 2.15. The van der Waals surface area contributed by atoms with Crippen molar-refractivity contribution >= 4 is 23.3 Å². The first-order chi connectivity index (χ1) is 9.49. The van der Waals surface area contributed by atoms with Crippen LogP contribution in [0.2, 0.25) is 0 Å². The second-order valence-corrected chi connectivity index (χ2v) is 4.92. The molecule has 1 aromatic heterocycles. The van der Waals surface area contributed by atoms with E-state index >= 15 is 0 Å². The third-order valence-corrected chi connectivity index (χ3v) is 3.15. The Labute approximate surface area is 127 Å². The SMILES string of the molecule is CC.CC.Cc1ccc(CCN(C)C(=N)N=C(N)N)s1. The fourth-order valence-electron chi connectivity index (χ4n) is 1.21. The molecule has 0 radical (unpaired) electrons. The molecule has 0 saturated heterocycles. The smallest absolute Gasteiger partial charge is 0.220 e. The molecule has 1 heterocycles. The standard InChI is InChI=1S/C10H17N5S.2C2H6/c1-7-3-4-8(16-7)5-6-15(2)10(13)14-9(11)12;2*1-2/h3-4H,5-6H2,1-2H3,(H5,11,12,13,14);2*1-2H3. The molecule has 1 aromatic rings. The summed E-state index contributed by atoms with van der Waals surface area (Å²) >= 11 is 1.77. The number of nitrogens with two attached hydrogens (primary N) is 2. The predicted octanol–water partition coefficient (Wildman–Crippen LogP) is 2.79. The fraction of sp³-hybridized carbons (Fsp3) is 0.571. The molecule has 0 atom stereocenters. The van der Waals surface area contributed by atoms with Gasteiger partial charge in [-0.3, -0.25) is 5.41 Å². The average molecular weight is 299 g/mol. The minimum Gasteiger partial charge on any atom is -0.370 e. The maximum absolute atomic E-state index is 7.58. The number of hydrogen-bond acceptors (Lipinski definition) is 2. The molecule has 20 heavy (non-hydrogen) atoms. The zero-order valence-electron chi connectivity index (χ0n) is 13.5. The molecule has 0 fully saturated rings. The summed E-state index contributed by atoms with van der Waals surface area (Å²) in [6, 6.07) is 4.21. The average Bonchev–Trinajstić information content (AvgIpc) is 2.85. The van der Waals surface area contributed by atoms with Crippen molar-refractivity contribution in [1.82, 2.24) is 4.90 Å². The Morgan fingerprint density at radius 1 is 1.25 bits per heavy atom. The van der Waals surface area contributed by atoms with Crippen LogP contribution < -0.4 is 11.5 Å². The van der Waals surface area contributed by atoms with Crippen LogP contribution in [0.3, 0.4) is 0 Å². The molecule has 0 unspecified atom stereocenters. The Morgan fingerprint density at radius 3 is 2.20 bits per heavy atom. The third kappa shape index (κ3) is 9.38. The number of nitrogens with zero attached hydrogens (tertiary/aromatic N) is 2. The quantitative estimate of drug-likeness (QED) is 0.592. The molecular weight excluding hydrogens is 270 g/mol. The number of rotatable bonds is 3.